The van der Waals surface area contributed by atoms with Crippen molar-refractivity contribution in [3.05, 3.63) is 77.0 Å². The van der Waals surface area contributed by atoms with E-state index in [0.717, 1.165) is 66.8 Å². The molecular weight excluding hydrogens is 448 g/mol. The van der Waals surface area contributed by atoms with Crippen molar-refractivity contribution in [3.8, 4) is 0 Å². The number of aryl methyl sites for hydroxylation is 1. The molecule has 1 amide bonds. The highest BCUT2D eigenvalue weighted by atomic mass is 16.2. The van der Waals surface area contributed by atoms with Gasteiger partial charge in [0.25, 0.3) is 5.91 Å². The molecular formula is C29H36N6O. The van der Waals surface area contributed by atoms with Crippen LogP contribution in [0.2, 0.25) is 0 Å². The molecule has 2 aliphatic heterocycles. The lowest BCUT2D eigenvalue weighted by atomic mass is 10.0. The molecule has 0 N–H and O–H groups in total. The fraction of sp³-hybridized carbons (Fsp3) is 0.414. The van der Waals surface area contributed by atoms with Crippen LogP contribution in [0.4, 0.5) is 17.5 Å². The molecule has 0 unspecified atom stereocenters. The molecule has 36 heavy (non-hydrogen) atoms. The van der Waals surface area contributed by atoms with E-state index in [-0.39, 0.29) is 11.9 Å². The summed E-state index contributed by atoms with van der Waals surface area (Å²) in [5.74, 6) is 1.83. The topological polar surface area (TPSA) is 55.8 Å². The molecule has 3 aromatic rings. The lowest BCUT2D eigenvalue weighted by molar-refractivity contribution is 0.0733. The molecule has 2 aromatic carbocycles. The first-order chi connectivity index (χ1) is 17.4. The van der Waals surface area contributed by atoms with Crippen molar-refractivity contribution in [2.75, 3.05) is 54.5 Å². The normalized spacial score (nSPS) is 15.8. The van der Waals surface area contributed by atoms with Gasteiger partial charge >= 0.3 is 0 Å². The summed E-state index contributed by atoms with van der Waals surface area (Å²) in [6.45, 7) is 11.2. The summed E-state index contributed by atoms with van der Waals surface area (Å²) in [6, 6.07) is 18.7. The number of carbonyl (C=O) groups excluding carboxylic acids is 1. The third kappa shape index (κ3) is 4.74. The number of piperazine rings is 1. The van der Waals surface area contributed by atoms with Crippen LogP contribution in [0.15, 0.2) is 54.6 Å². The van der Waals surface area contributed by atoms with Crippen molar-refractivity contribution in [2.24, 2.45) is 0 Å². The van der Waals surface area contributed by atoms with Crippen LogP contribution in [0.1, 0.15) is 41.0 Å². The molecule has 7 heteroatoms. The van der Waals surface area contributed by atoms with E-state index in [0.29, 0.717) is 13.1 Å². The molecule has 1 aromatic heterocycles. The van der Waals surface area contributed by atoms with E-state index in [1.165, 1.54) is 5.69 Å². The number of amides is 1. The maximum Gasteiger partial charge on any atom is 0.254 e. The van der Waals surface area contributed by atoms with Crippen molar-refractivity contribution in [1.82, 2.24) is 14.9 Å². The molecule has 3 heterocycles. The molecule has 0 radical (unpaired) electrons. The quantitative estimate of drug-likeness (QED) is 0.542. The number of anilines is 3. The molecule has 2 aliphatic rings. The van der Waals surface area contributed by atoms with Gasteiger partial charge in [0.15, 0.2) is 0 Å². The number of hydrogen-bond donors (Lipinski definition) is 0. The predicted molar refractivity (Wildman–Crippen MR) is 146 cm³/mol. The zero-order valence-electron chi connectivity index (χ0n) is 21.8. The minimum absolute atomic E-state index is 0.0815. The molecule has 1 fully saturated rings. The summed E-state index contributed by atoms with van der Waals surface area (Å²) in [5, 5.41) is 0. The van der Waals surface area contributed by atoms with Gasteiger partial charge in [0, 0.05) is 69.0 Å². The number of fused-ring (bicyclic) bond motifs is 1. The second kappa shape index (κ2) is 10.2. The highest BCUT2D eigenvalue weighted by Gasteiger charge is 2.30. The largest absolute Gasteiger partial charge is 0.368 e. The van der Waals surface area contributed by atoms with Crippen LogP contribution in [-0.4, -0.2) is 66.6 Å². The summed E-state index contributed by atoms with van der Waals surface area (Å²) in [4.78, 5) is 32.4. The van der Waals surface area contributed by atoms with E-state index in [2.05, 4.69) is 65.9 Å². The first kappa shape index (κ1) is 24.1. The van der Waals surface area contributed by atoms with Crippen LogP contribution in [0, 0.1) is 6.92 Å². The number of para-hydroxylation sites is 1. The van der Waals surface area contributed by atoms with Crippen molar-refractivity contribution in [2.45, 2.75) is 39.8 Å². The first-order valence-electron chi connectivity index (χ1n) is 12.9. The SMILES string of the molecule is Cc1ccccc1C(=O)N1CCc2nc(N3CCN(c4ccccc4)CC3)nc(N(C)C(C)C)c2C1. The van der Waals surface area contributed by atoms with Gasteiger partial charge in [-0.05, 0) is 44.5 Å². The summed E-state index contributed by atoms with van der Waals surface area (Å²) in [5.41, 5.74) is 5.19. The zero-order valence-corrected chi connectivity index (χ0v) is 21.8. The zero-order chi connectivity index (χ0) is 25.2. The Bertz CT molecular complexity index is 1220. The number of hydrogen-bond acceptors (Lipinski definition) is 6. The molecule has 0 aliphatic carbocycles. The van der Waals surface area contributed by atoms with Gasteiger partial charge in [-0.1, -0.05) is 36.4 Å². The maximum absolute atomic E-state index is 13.4. The van der Waals surface area contributed by atoms with Crippen molar-refractivity contribution < 1.29 is 4.79 Å². The predicted octanol–water partition coefficient (Wildman–Crippen LogP) is 4.15. The molecule has 188 valence electrons. The molecule has 0 bridgehead atoms. The fourth-order valence-electron chi connectivity index (χ4n) is 5.02. The Kier molecular flexibility index (Phi) is 6.81. The van der Waals surface area contributed by atoms with Crippen LogP contribution in [-0.2, 0) is 13.0 Å². The van der Waals surface area contributed by atoms with Gasteiger partial charge in [0.05, 0.1) is 12.2 Å². The van der Waals surface area contributed by atoms with Gasteiger partial charge in [-0.2, -0.15) is 4.98 Å². The van der Waals surface area contributed by atoms with Crippen LogP contribution in [0.25, 0.3) is 0 Å². The monoisotopic (exact) mass is 484 g/mol. The number of benzene rings is 2. The van der Waals surface area contributed by atoms with Gasteiger partial charge < -0.3 is 19.6 Å². The van der Waals surface area contributed by atoms with Gasteiger partial charge in [-0.15, -0.1) is 0 Å². The standard InChI is InChI=1S/C29H36N6O/c1-21(2)32(4)27-25-20-35(28(36)24-13-9-8-10-22(24)3)15-14-26(25)30-29(31-27)34-18-16-33(17-19-34)23-11-6-5-7-12-23/h5-13,21H,14-20H2,1-4H3. The van der Waals surface area contributed by atoms with E-state index in [9.17, 15) is 4.79 Å². The Hall–Kier alpha value is -3.61. The minimum atomic E-state index is 0.0815. The molecule has 5 rings (SSSR count). The van der Waals surface area contributed by atoms with E-state index < -0.39 is 0 Å². The maximum atomic E-state index is 13.4. The van der Waals surface area contributed by atoms with Crippen molar-refractivity contribution in [3.63, 3.8) is 0 Å². The van der Waals surface area contributed by atoms with Gasteiger partial charge in [-0.3, -0.25) is 4.79 Å². The Morgan fingerprint density at radius 2 is 1.56 bits per heavy atom. The lowest BCUT2D eigenvalue weighted by Gasteiger charge is -2.38. The van der Waals surface area contributed by atoms with E-state index >= 15 is 0 Å². The summed E-state index contributed by atoms with van der Waals surface area (Å²) < 4.78 is 0. The lowest BCUT2D eigenvalue weighted by Crippen LogP contribution is -2.47. The number of aromatic nitrogens is 2. The summed E-state index contributed by atoms with van der Waals surface area (Å²) in [6.07, 6.45) is 0.741. The van der Waals surface area contributed by atoms with Crippen LogP contribution >= 0.6 is 0 Å². The first-order valence-corrected chi connectivity index (χ1v) is 12.9. The van der Waals surface area contributed by atoms with Crippen LogP contribution < -0.4 is 14.7 Å². The second-order valence-corrected chi connectivity index (χ2v) is 10.1. The van der Waals surface area contributed by atoms with Gasteiger partial charge in [0.1, 0.15) is 5.82 Å². The minimum Gasteiger partial charge on any atom is -0.368 e. The highest BCUT2D eigenvalue weighted by Crippen LogP contribution is 2.31. The number of nitrogens with zero attached hydrogens (tertiary/aromatic N) is 6. The molecule has 0 spiro atoms. The number of rotatable bonds is 5. The average Bonchev–Trinajstić information content (AvgIpc) is 2.92. The Morgan fingerprint density at radius 3 is 2.25 bits per heavy atom. The Balaban J connectivity index is 1.40. The molecule has 0 atom stereocenters. The second-order valence-electron chi connectivity index (χ2n) is 10.1. The summed E-state index contributed by atoms with van der Waals surface area (Å²) in [7, 11) is 2.09. The Morgan fingerprint density at radius 1 is 0.889 bits per heavy atom. The summed E-state index contributed by atoms with van der Waals surface area (Å²) >= 11 is 0. The van der Waals surface area contributed by atoms with Crippen LogP contribution in [0.5, 0.6) is 0 Å². The van der Waals surface area contributed by atoms with Crippen molar-refractivity contribution in [1.29, 1.82) is 0 Å². The number of carbonyl (C=O) groups is 1. The van der Waals surface area contributed by atoms with E-state index in [4.69, 9.17) is 9.97 Å². The molecule has 0 saturated carbocycles. The van der Waals surface area contributed by atoms with E-state index in [1.807, 2.05) is 36.1 Å². The smallest absolute Gasteiger partial charge is 0.254 e. The fourth-order valence-corrected chi connectivity index (χ4v) is 5.02. The Labute approximate surface area is 214 Å². The third-order valence-electron chi connectivity index (χ3n) is 7.48. The highest BCUT2D eigenvalue weighted by molar-refractivity contribution is 5.95. The van der Waals surface area contributed by atoms with Crippen molar-refractivity contribution >= 4 is 23.4 Å². The van der Waals surface area contributed by atoms with E-state index in [1.54, 1.807) is 0 Å². The van der Waals surface area contributed by atoms with Gasteiger partial charge in [0.2, 0.25) is 5.95 Å². The molecule has 1 saturated heterocycles. The van der Waals surface area contributed by atoms with Crippen LogP contribution in [0.3, 0.4) is 0 Å². The molecule has 7 nitrogen and oxygen atoms in total. The third-order valence-corrected chi connectivity index (χ3v) is 7.48. The van der Waals surface area contributed by atoms with Gasteiger partial charge in [-0.25, -0.2) is 4.98 Å². The average molecular weight is 485 g/mol.